The number of rotatable bonds is 4. The van der Waals surface area contributed by atoms with E-state index in [1.54, 1.807) is 24.8 Å². The Morgan fingerprint density at radius 1 is 0.963 bits per heavy atom. The Morgan fingerprint density at radius 2 is 1.52 bits per heavy atom. The van der Waals surface area contributed by atoms with Crippen molar-refractivity contribution in [2.45, 2.75) is 27.7 Å². The highest BCUT2D eigenvalue weighted by Gasteiger charge is 2.37. The fourth-order valence-electron chi connectivity index (χ4n) is 3.12. The van der Waals surface area contributed by atoms with E-state index in [2.05, 4.69) is 0 Å². The Kier molecular flexibility index (Phi) is 5.26. The van der Waals surface area contributed by atoms with Gasteiger partial charge in [0.15, 0.2) is 0 Å². The van der Waals surface area contributed by atoms with Gasteiger partial charge in [-0.25, -0.2) is 4.79 Å². The molecule has 4 nitrogen and oxygen atoms in total. The highest BCUT2D eigenvalue weighted by atomic mass is 16.5. The van der Waals surface area contributed by atoms with Gasteiger partial charge in [-0.1, -0.05) is 47.5 Å². The normalized spacial score (nSPS) is 15.6. The van der Waals surface area contributed by atoms with Crippen molar-refractivity contribution in [3.8, 4) is 0 Å². The summed E-state index contributed by atoms with van der Waals surface area (Å²) in [6.45, 7) is 7.79. The van der Waals surface area contributed by atoms with Crippen LogP contribution in [0.25, 0.3) is 6.08 Å². The second-order valence-corrected chi connectivity index (χ2v) is 6.63. The van der Waals surface area contributed by atoms with Crippen molar-refractivity contribution in [3.63, 3.8) is 0 Å². The molecule has 1 aliphatic heterocycles. The smallest absolute Gasteiger partial charge is 0.340 e. The SMILES string of the molecule is CCOC(=O)C1=C(C)N(c2ccc(C)cc2)C(=O)/C1=C/c1ccc(C)cc1. The molecule has 2 aromatic carbocycles. The topological polar surface area (TPSA) is 46.6 Å². The van der Waals surface area contributed by atoms with Gasteiger partial charge in [-0.05, 0) is 51.5 Å². The fraction of sp³-hybridized carbons (Fsp3) is 0.217. The third-order valence-electron chi connectivity index (χ3n) is 4.56. The highest BCUT2D eigenvalue weighted by molar-refractivity contribution is 6.23. The monoisotopic (exact) mass is 361 g/mol. The zero-order valence-corrected chi connectivity index (χ0v) is 16.1. The lowest BCUT2D eigenvalue weighted by Crippen LogP contribution is -2.24. The molecular weight excluding hydrogens is 338 g/mol. The van der Waals surface area contributed by atoms with Crippen LogP contribution in [-0.4, -0.2) is 18.5 Å². The van der Waals surface area contributed by atoms with Crippen molar-refractivity contribution < 1.29 is 14.3 Å². The van der Waals surface area contributed by atoms with Gasteiger partial charge >= 0.3 is 5.97 Å². The van der Waals surface area contributed by atoms with Gasteiger partial charge in [-0.3, -0.25) is 9.69 Å². The molecular formula is C23H23NO3. The number of ether oxygens (including phenoxy) is 1. The van der Waals surface area contributed by atoms with E-state index in [1.807, 2.05) is 62.4 Å². The highest BCUT2D eigenvalue weighted by Crippen LogP contribution is 2.35. The maximum absolute atomic E-state index is 13.2. The zero-order chi connectivity index (χ0) is 19.6. The maximum Gasteiger partial charge on any atom is 0.340 e. The van der Waals surface area contributed by atoms with Gasteiger partial charge in [0.05, 0.1) is 17.8 Å². The standard InChI is InChI=1S/C23H23NO3/c1-5-27-23(26)21-17(4)24(19-12-8-16(3)9-13-19)22(25)20(21)14-18-10-6-15(2)7-11-18/h6-14H,5H2,1-4H3/b20-14+. The summed E-state index contributed by atoms with van der Waals surface area (Å²) in [5.41, 5.74) is 5.10. The van der Waals surface area contributed by atoms with E-state index in [4.69, 9.17) is 4.74 Å². The molecule has 3 rings (SSSR count). The van der Waals surface area contributed by atoms with Gasteiger partial charge in [0.25, 0.3) is 5.91 Å². The minimum Gasteiger partial charge on any atom is -0.462 e. The molecule has 27 heavy (non-hydrogen) atoms. The van der Waals surface area contributed by atoms with E-state index in [0.29, 0.717) is 16.8 Å². The lowest BCUT2D eigenvalue weighted by atomic mass is 10.0. The summed E-state index contributed by atoms with van der Waals surface area (Å²) in [5.74, 6) is -0.698. The van der Waals surface area contributed by atoms with Crippen LogP contribution >= 0.6 is 0 Å². The first kappa shape index (κ1) is 18.6. The second kappa shape index (κ2) is 7.62. The zero-order valence-electron chi connectivity index (χ0n) is 16.1. The molecule has 0 spiro atoms. The molecule has 0 radical (unpaired) electrons. The van der Waals surface area contributed by atoms with Crippen molar-refractivity contribution in [2.24, 2.45) is 0 Å². The Balaban J connectivity index is 2.11. The Morgan fingerprint density at radius 3 is 2.07 bits per heavy atom. The molecule has 0 fully saturated rings. The molecule has 0 atom stereocenters. The van der Waals surface area contributed by atoms with Gasteiger partial charge < -0.3 is 4.74 Å². The number of anilines is 1. The van der Waals surface area contributed by atoms with Crippen molar-refractivity contribution >= 4 is 23.6 Å². The Hall–Kier alpha value is -3.14. The number of amides is 1. The van der Waals surface area contributed by atoms with Crippen LogP contribution in [0, 0.1) is 13.8 Å². The van der Waals surface area contributed by atoms with Gasteiger partial charge in [0, 0.05) is 11.4 Å². The molecule has 1 heterocycles. The first-order valence-electron chi connectivity index (χ1n) is 9.00. The van der Waals surface area contributed by atoms with E-state index in [-0.39, 0.29) is 12.5 Å². The first-order valence-corrected chi connectivity index (χ1v) is 9.00. The number of carbonyl (C=O) groups is 2. The van der Waals surface area contributed by atoms with Gasteiger partial charge in [0.2, 0.25) is 0 Å². The number of allylic oxidation sites excluding steroid dienone is 1. The number of hydrogen-bond acceptors (Lipinski definition) is 3. The number of aryl methyl sites for hydroxylation is 2. The van der Waals surface area contributed by atoms with Crippen LogP contribution in [0.2, 0.25) is 0 Å². The van der Waals surface area contributed by atoms with E-state index < -0.39 is 5.97 Å². The van der Waals surface area contributed by atoms with E-state index in [9.17, 15) is 9.59 Å². The van der Waals surface area contributed by atoms with Crippen molar-refractivity contribution in [1.82, 2.24) is 0 Å². The number of carbonyl (C=O) groups excluding carboxylic acids is 2. The van der Waals surface area contributed by atoms with Crippen molar-refractivity contribution in [2.75, 3.05) is 11.5 Å². The lowest BCUT2D eigenvalue weighted by molar-refractivity contribution is -0.138. The molecule has 0 aliphatic carbocycles. The third kappa shape index (κ3) is 3.70. The van der Waals surface area contributed by atoms with E-state index in [1.165, 1.54) is 0 Å². The minimum atomic E-state index is -0.476. The lowest BCUT2D eigenvalue weighted by Gasteiger charge is -2.18. The molecule has 138 valence electrons. The summed E-state index contributed by atoms with van der Waals surface area (Å²) in [7, 11) is 0. The van der Waals surface area contributed by atoms with Crippen LogP contribution < -0.4 is 4.90 Å². The molecule has 0 unspecified atom stereocenters. The number of nitrogens with zero attached hydrogens (tertiary/aromatic N) is 1. The molecule has 1 aliphatic rings. The molecule has 0 saturated heterocycles. The Bertz CT molecular complexity index is 935. The molecule has 0 N–H and O–H groups in total. The minimum absolute atomic E-state index is 0.222. The predicted octanol–water partition coefficient (Wildman–Crippen LogP) is 4.57. The van der Waals surface area contributed by atoms with Crippen LogP contribution in [0.4, 0.5) is 5.69 Å². The van der Waals surface area contributed by atoms with Gasteiger partial charge in [-0.15, -0.1) is 0 Å². The summed E-state index contributed by atoms with van der Waals surface area (Å²) in [6, 6.07) is 15.5. The van der Waals surface area contributed by atoms with Crippen LogP contribution in [0.3, 0.4) is 0 Å². The molecule has 0 aromatic heterocycles. The van der Waals surface area contributed by atoms with Crippen molar-refractivity contribution in [1.29, 1.82) is 0 Å². The average molecular weight is 361 g/mol. The summed E-state index contributed by atoms with van der Waals surface area (Å²) in [6.07, 6.45) is 1.76. The van der Waals surface area contributed by atoms with Crippen LogP contribution in [0.5, 0.6) is 0 Å². The van der Waals surface area contributed by atoms with Crippen LogP contribution in [-0.2, 0) is 14.3 Å². The summed E-state index contributed by atoms with van der Waals surface area (Å²) < 4.78 is 5.22. The van der Waals surface area contributed by atoms with Gasteiger partial charge in [-0.2, -0.15) is 0 Å². The predicted molar refractivity (Wildman–Crippen MR) is 107 cm³/mol. The fourth-order valence-corrected chi connectivity index (χ4v) is 3.12. The quantitative estimate of drug-likeness (QED) is 0.592. The molecule has 1 amide bonds. The maximum atomic E-state index is 13.2. The number of hydrogen-bond donors (Lipinski definition) is 0. The summed E-state index contributed by atoms with van der Waals surface area (Å²) in [5, 5.41) is 0. The molecule has 0 bridgehead atoms. The molecule has 0 saturated carbocycles. The summed E-state index contributed by atoms with van der Waals surface area (Å²) >= 11 is 0. The third-order valence-corrected chi connectivity index (χ3v) is 4.56. The van der Waals surface area contributed by atoms with E-state index >= 15 is 0 Å². The average Bonchev–Trinajstić information content (AvgIpc) is 2.88. The van der Waals surface area contributed by atoms with Gasteiger partial charge in [0.1, 0.15) is 0 Å². The molecule has 4 heteroatoms. The summed E-state index contributed by atoms with van der Waals surface area (Å²) in [4.78, 5) is 27.4. The Labute approximate surface area is 159 Å². The first-order chi connectivity index (χ1) is 12.9. The van der Waals surface area contributed by atoms with Crippen LogP contribution in [0.15, 0.2) is 65.4 Å². The van der Waals surface area contributed by atoms with E-state index in [0.717, 1.165) is 22.4 Å². The largest absolute Gasteiger partial charge is 0.462 e. The van der Waals surface area contributed by atoms with Crippen molar-refractivity contribution in [3.05, 3.63) is 82.1 Å². The van der Waals surface area contributed by atoms with Crippen LogP contribution in [0.1, 0.15) is 30.5 Å². The number of benzene rings is 2. The molecule has 2 aromatic rings. The second-order valence-electron chi connectivity index (χ2n) is 6.63. The number of esters is 1.